The molecule has 2 heterocycles. The predicted molar refractivity (Wildman–Crippen MR) is 98.9 cm³/mol. The van der Waals surface area contributed by atoms with Crippen molar-refractivity contribution >= 4 is 35.0 Å². The van der Waals surface area contributed by atoms with Gasteiger partial charge < -0.3 is 0 Å². The van der Waals surface area contributed by atoms with Crippen LogP contribution in [0.2, 0.25) is 10.0 Å². The molecule has 0 aliphatic heterocycles. The number of hydrogen-bond acceptors (Lipinski definition) is 5. The average Bonchev–Trinajstić information content (AvgIpc) is 2.98. The molecule has 0 radical (unpaired) electrons. The second kappa shape index (κ2) is 7.44. The van der Waals surface area contributed by atoms with Crippen molar-refractivity contribution in [1.29, 1.82) is 5.26 Å². The third-order valence-electron chi connectivity index (χ3n) is 3.39. The van der Waals surface area contributed by atoms with Gasteiger partial charge >= 0.3 is 0 Å². The van der Waals surface area contributed by atoms with Gasteiger partial charge in [0.05, 0.1) is 5.02 Å². The number of pyridine rings is 1. The van der Waals surface area contributed by atoms with E-state index < -0.39 is 0 Å². The van der Waals surface area contributed by atoms with E-state index in [-0.39, 0.29) is 6.04 Å². The molecule has 2 aromatic heterocycles. The van der Waals surface area contributed by atoms with Gasteiger partial charge in [0.15, 0.2) is 11.0 Å². The maximum absolute atomic E-state index is 9.00. The normalized spacial score (nSPS) is 10.9. The number of benzene rings is 1. The topological polar surface area (TPSA) is 67.4 Å². The fraction of sp³-hybridized carbons (Fsp3) is 0.176. The van der Waals surface area contributed by atoms with Crippen LogP contribution in [0.25, 0.3) is 11.4 Å². The van der Waals surface area contributed by atoms with Crippen molar-refractivity contribution in [3.8, 4) is 17.5 Å². The molecule has 0 aliphatic rings. The summed E-state index contributed by atoms with van der Waals surface area (Å²) < 4.78 is 1.99. The van der Waals surface area contributed by atoms with Crippen molar-refractivity contribution in [1.82, 2.24) is 19.7 Å². The minimum absolute atomic E-state index is 0.110. The highest BCUT2D eigenvalue weighted by atomic mass is 35.5. The summed E-state index contributed by atoms with van der Waals surface area (Å²) in [6.07, 6.45) is 0. The fourth-order valence-corrected chi connectivity index (χ4v) is 3.74. The van der Waals surface area contributed by atoms with Crippen molar-refractivity contribution in [2.75, 3.05) is 0 Å². The second-order valence-electron chi connectivity index (χ2n) is 5.47. The molecule has 0 N–H and O–H groups in total. The van der Waals surface area contributed by atoms with Crippen LogP contribution in [0.1, 0.15) is 25.6 Å². The molecular formula is C17H13Cl2N5S. The average molecular weight is 390 g/mol. The first-order valence-corrected chi connectivity index (χ1v) is 9.02. The zero-order valence-corrected chi connectivity index (χ0v) is 15.8. The smallest absolute Gasteiger partial charge is 0.198 e. The molecule has 0 aliphatic carbocycles. The van der Waals surface area contributed by atoms with Crippen molar-refractivity contribution in [3.63, 3.8) is 0 Å². The molecule has 0 atom stereocenters. The van der Waals surface area contributed by atoms with E-state index in [9.17, 15) is 0 Å². The molecule has 0 bridgehead atoms. The van der Waals surface area contributed by atoms with Crippen LogP contribution in [0, 0.1) is 11.3 Å². The van der Waals surface area contributed by atoms with Gasteiger partial charge in [-0.1, -0.05) is 29.3 Å². The van der Waals surface area contributed by atoms with Crippen molar-refractivity contribution in [3.05, 3.63) is 52.1 Å². The molecule has 0 spiro atoms. The molecule has 5 nitrogen and oxygen atoms in total. The molecule has 3 rings (SSSR count). The Hall–Kier alpha value is -2.07. The maximum atomic E-state index is 9.00. The summed E-state index contributed by atoms with van der Waals surface area (Å²) in [5.74, 6) is 0.663. The Bertz CT molecular complexity index is 962. The first-order valence-electron chi connectivity index (χ1n) is 7.45. The van der Waals surface area contributed by atoms with Crippen LogP contribution in [0.3, 0.4) is 0 Å². The van der Waals surface area contributed by atoms with E-state index in [1.54, 1.807) is 24.3 Å². The zero-order chi connectivity index (χ0) is 18.0. The van der Waals surface area contributed by atoms with E-state index in [2.05, 4.69) is 15.2 Å². The molecule has 8 heteroatoms. The highest BCUT2D eigenvalue weighted by Gasteiger charge is 2.19. The lowest BCUT2D eigenvalue weighted by molar-refractivity contribution is 0.555. The SMILES string of the molecule is CC(C)n1c(Sc2cccc(C#N)n2)nnc1-c1ccc(Cl)cc1Cl. The van der Waals surface area contributed by atoms with Gasteiger partial charge in [0, 0.05) is 16.6 Å². The van der Waals surface area contributed by atoms with Crippen LogP contribution >= 0.6 is 35.0 Å². The highest BCUT2D eigenvalue weighted by Crippen LogP contribution is 2.35. The van der Waals surface area contributed by atoms with Crippen LogP contribution in [0.5, 0.6) is 0 Å². The van der Waals surface area contributed by atoms with Gasteiger partial charge in [-0.3, -0.25) is 4.57 Å². The third-order valence-corrected chi connectivity index (χ3v) is 4.83. The summed E-state index contributed by atoms with van der Waals surface area (Å²) in [7, 11) is 0. The highest BCUT2D eigenvalue weighted by molar-refractivity contribution is 7.99. The molecule has 126 valence electrons. The number of halogens is 2. The molecule has 25 heavy (non-hydrogen) atoms. The monoisotopic (exact) mass is 389 g/mol. The molecule has 0 saturated carbocycles. The van der Waals surface area contributed by atoms with Crippen LogP contribution in [-0.2, 0) is 0 Å². The van der Waals surface area contributed by atoms with Crippen LogP contribution in [0.4, 0.5) is 0 Å². The molecular weight excluding hydrogens is 377 g/mol. The van der Waals surface area contributed by atoms with Crippen LogP contribution < -0.4 is 0 Å². The molecule has 1 aromatic carbocycles. The van der Waals surface area contributed by atoms with Crippen molar-refractivity contribution in [2.24, 2.45) is 0 Å². The number of nitriles is 1. The van der Waals surface area contributed by atoms with E-state index in [1.165, 1.54) is 11.8 Å². The predicted octanol–water partition coefficient (Wildman–Crippen LogP) is 5.25. The number of nitrogens with zero attached hydrogens (tertiary/aromatic N) is 5. The Morgan fingerprint density at radius 3 is 2.64 bits per heavy atom. The Labute approximate surface area is 159 Å². The first-order chi connectivity index (χ1) is 12.0. The van der Waals surface area contributed by atoms with E-state index in [4.69, 9.17) is 28.5 Å². The van der Waals surface area contributed by atoms with Gasteiger partial charge in [-0.2, -0.15) is 5.26 Å². The van der Waals surface area contributed by atoms with E-state index in [0.29, 0.717) is 31.7 Å². The number of hydrogen-bond donors (Lipinski definition) is 0. The van der Waals surface area contributed by atoms with Gasteiger partial charge in [-0.15, -0.1) is 10.2 Å². The Balaban J connectivity index is 2.04. The lowest BCUT2D eigenvalue weighted by Crippen LogP contribution is -2.05. The summed E-state index contributed by atoms with van der Waals surface area (Å²) in [4.78, 5) is 4.28. The Morgan fingerprint density at radius 1 is 1.16 bits per heavy atom. The summed E-state index contributed by atoms with van der Waals surface area (Å²) in [6.45, 7) is 4.08. The van der Waals surface area contributed by atoms with Gasteiger partial charge in [0.2, 0.25) is 0 Å². The standard InChI is InChI=1S/C17H13Cl2N5S/c1-10(2)24-16(13-7-6-11(18)8-14(13)19)22-23-17(24)25-15-5-3-4-12(9-20)21-15/h3-8,10H,1-2H3. The molecule has 0 saturated heterocycles. The van der Waals surface area contributed by atoms with Gasteiger partial charge in [0.1, 0.15) is 16.8 Å². The first kappa shape index (κ1) is 17.7. The van der Waals surface area contributed by atoms with Crippen molar-refractivity contribution in [2.45, 2.75) is 30.1 Å². The molecule has 0 unspecified atom stereocenters. The van der Waals surface area contributed by atoms with Gasteiger partial charge in [-0.25, -0.2) is 4.98 Å². The Morgan fingerprint density at radius 2 is 1.96 bits per heavy atom. The number of rotatable bonds is 4. The summed E-state index contributed by atoms with van der Waals surface area (Å²) in [6, 6.07) is 12.7. The van der Waals surface area contributed by atoms with E-state index >= 15 is 0 Å². The fourth-order valence-electron chi connectivity index (χ4n) is 2.29. The lowest BCUT2D eigenvalue weighted by Gasteiger charge is -2.14. The quantitative estimate of drug-likeness (QED) is 0.609. The molecule has 3 aromatic rings. The van der Waals surface area contributed by atoms with Gasteiger partial charge in [0.25, 0.3) is 0 Å². The zero-order valence-electron chi connectivity index (χ0n) is 13.4. The van der Waals surface area contributed by atoms with Gasteiger partial charge in [-0.05, 0) is 55.9 Å². The van der Waals surface area contributed by atoms with E-state index in [0.717, 1.165) is 5.56 Å². The molecule has 0 fully saturated rings. The second-order valence-corrected chi connectivity index (χ2v) is 7.30. The van der Waals surface area contributed by atoms with Crippen LogP contribution in [-0.4, -0.2) is 19.7 Å². The summed E-state index contributed by atoms with van der Waals surface area (Å²) in [5, 5.41) is 20.0. The summed E-state index contributed by atoms with van der Waals surface area (Å²) in [5.41, 5.74) is 1.12. The maximum Gasteiger partial charge on any atom is 0.198 e. The third kappa shape index (κ3) is 3.79. The minimum Gasteiger partial charge on any atom is -0.299 e. The lowest BCUT2D eigenvalue weighted by atomic mass is 10.2. The minimum atomic E-state index is 0.110. The summed E-state index contributed by atoms with van der Waals surface area (Å²) >= 11 is 13.7. The van der Waals surface area contributed by atoms with Crippen LogP contribution in [0.15, 0.2) is 46.6 Å². The Kier molecular flexibility index (Phi) is 5.28. The number of aromatic nitrogens is 4. The molecule has 0 amide bonds. The largest absolute Gasteiger partial charge is 0.299 e. The van der Waals surface area contributed by atoms with Crippen molar-refractivity contribution < 1.29 is 0 Å². The van der Waals surface area contributed by atoms with E-state index in [1.807, 2.05) is 36.6 Å².